The second kappa shape index (κ2) is 6.97. The molecule has 20 heavy (non-hydrogen) atoms. The van der Waals surface area contributed by atoms with Crippen molar-refractivity contribution in [1.29, 1.82) is 0 Å². The predicted molar refractivity (Wildman–Crippen MR) is 79.4 cm³/mol. The van der Waals surface area contributed by atoms with E-state index >= 15 is 0 Å². The standard InChI is InChI=1S/C13H16ClN3O2S/c1-9-3-4-11(14)12(5-9)19-6-10(18)7-20-13-16-15-8-17(13)2/h3-5,8,10,18H,6-7H2,1-2H3. The molecule has 0 spiro atoms. The molecular weight excluding hydrogens is 298 g/mol. The van der Waals surface area contributed by atoms with Crippen LogP contribution in [0.15, 0.2) is 29.7 Å². The number of nitrogens with zero attached hydrogens (tertiary/aromatic N) is 3. The number of aliphatic hydroxyl groups is 1. The van der Waals surface area contributed by atoms with Crippen LogP contribution in [0.2, 0.25) is 5.02 Å². The molecule has 0 aliphatic heterocycles. The number of ether oxygens (including phenoxy) is 1. The van der Waals surface area contributed by atoms with E-state index in [9.17, 15) is 5.11 Å². The number of benzene rings is 1. The topological polar surface area (TPSA) is 60.2 Å². The molecule has 0 saturated heterocycles. The maximum atomic E-state index is 9.91. The Balaban J connectivity index is 1.81. The number of rotatable bonds is 6. The summed E-state index contributed by atoms with van der Waals surface area (Å²) in [5.74, 6) is 1.07. The lowest BCUT2D eigenvalue weighted by Crippen LogP contribution is -2.20. The van der Waals surface area contributed by atoms with Gasteiger partial charge in [0, 0.05) is 12.8 Å². The second-order valence-electron chi connectivity index (χ2n) is 4.43. The van der Waals surface area contributed by atoms with Crippen LogP contribution in [0.1, 0.15) is 5.56 Å². The minimum Gasteiger partial charge on any atom is -0.489 e. The predicted octanol–water partition coefficient (Wildman–Crippen LogP) is 2.31. The quantitative estimate of drug-likeness (QED) is 0.829. The number of hydrogen-bond donors (Lipinski definition) is 1. The molecule has 0 saturated carbocycles. The Hall–Kier alpha value is -1.24. The van der Waals surface area contributed by atoms with Gasteiger partial charge in [-0.3, -0.25) is 0 Å². The van der Waals surface area contributed by atoms with Gasteiger partial charge in [-0.1, -0.05) is 29.4 Å². The number of hydrogen-bond acceptors (Lipinski definition) is 5. The van der Waals surface area contributed by atoms with E-state index in [4.69, 9.17) is 16.3 Å². The molecule has 1 heterocycles. The second-order valence-corrected chi connectivity index (χ2v) is 5.83. The molecule has 1 aromatic heterocycles. The molecule has 1 unspecified atom stereocenters. The first-order valence-corrected chi connectivity index (χ1v) is 7.46. The van der Waals surface area contributed by atoms with Gasteiger partial charge in [-0.25, -0.2) is 0 Å². The van der Waals surface area contributed by atoms with E-state index in [0.717, 1.165) is 10.7 Å². The first kappa shape index (κ1) is 15.2. The first-order valence-electron chi connectivity index (χ1n) is 6.10. The zero-order valence-electron chi connectivity index (χ0n) is 11.3. The van der Waals surface area contributed by atoms with Gasteiger partial charge in [0.15, 0.2) is 5.16 Å². The highest BCUT2D eigenvalue weighted by atomic mass is 35.5. The maximum Gasteiger partial charge on any atom is 0.190 e. The summed E-state index contributed by atoms with van der Waals surface area (Å²) in [6.45, 7) is 2.15. The lowest BCUT2D eigenvalue weighted by molar-refractivity contribution is 0.126. The third-order valence-electron chi connectivity index (χ3n) is 2.59. The van der Waals surface area contributed by atoms with E-state index in [1.165, 1.54) is 11.8 Å². The molecule has 0 radical (unpaired) electrons. The van der Waals surface area contributed by atoms with Gasteiger partial charge < -0.3 is 14.4 Å². The summed E-state index contributed by atoms with van der Waals surface area (Å²) >= 11 is 7.46. The van der Waals surface area contributed by atoms with Crippen molar-refractivity contribution in [2.45, 2.75) is 18.2 Å². The normalized spacial score (nSPS) is 12.4. The van der Waals surface area contributed by atoms with Crippen LogP contribution < -0.4 is 4.74 Å². The minimum absolute atomic E-state index is 0.189. The van der Waals surface area contributed by atoms with Crippen LogP contribution in [0.5, 0.6) is 5.75 Å². The van der Waals surface area contributed by atoms with Gasteiger partial charge in [0.05, 0.1) is 11.1 Å². The van der Waals surface area contributed by atoms with Gasteiger partial charge in [0.1, 0.15) is 18.7 Å². The third-order valence-corrected chi connectivity index (χ3v) is 4.08. The third kappa shape index (κ3) is 4.13. The van der Waals surface area contributed by atoms with Crippen molar-refractivity contribution < 1.29 is 9.84 Å². The van der Waals surface area contributed by atoms with E-state index in [-0.39, 0.29) is 6.61 Å². The van der Waals surface area contributed by atoms with Crippen LogP contribution in [0.4, 0.5) is 0 Å². The molecule has 0 aliphatic rings. The molecule has 5 nitrogen and oxygen atoms in total. The smallest absolute Gasteiger partial charge is 0.190 e. The molecule has 1 aromatic carbocycles. The zero-order valence-corrected chi connectivity index (χ0v) is 12.9. The lowest BCUT2D eigenvalue weighted by atomic mass is 10.2. The molecular formula is C13H16ClN3O2S. The van der Waals surface area contributed by atoms with Crippen molar-refractivity contribution in [3.63, 3.8) is 0 Å². The molecule has 108 valence electrons. The van der Waals surface area contributed by atoms with Crippen molar-refractivity contribution in [2.75, 3.05) is 12.4 Å². The summed E-state index contributed by atoms with van der Waals surface area (Å²) in [5.41, 5.74) is 1.06. The van der Waals surface area contributed by atoms with Gasteiger partial charge in [-0.2, -0.15) is 0 Å². The highest BCUT2D eigenvalue weighted by Crippen LogP contribution is 2.25. The van der Waals surface area contributed by atoms with Crippen molar-refractivity contribution in [3.8, 4) is 5.75 Å². The Morgan fingerprint density at radius 3 is 3.00 bits per heavy atom. The summed E-state index contributed by atoms with van der Waals surface area (Å²) in [5, 5.41) is 18.9. The summed E-state index contributed by atoms with van der Waals surface area (Å²) in [6.07, 6.45) is 1.02. The van der Waals surface area contributed by atoms with Crippen molar-refractivity contribution in [1.82, 2.24) is 14.8 Å². The SMILES string of the molecule is Cc1ccc(Cl)c(OCC(O)CSc2nncn2C)c1. The fourth-order valence-corrected chi connectivity index (χ4v) is 2.49. The van der Waals surface area contributed by atoms with Gasteiger partial charge in [0.25, 0.3) is 0 Å². The molecule has 0 fully saturated rings. The van der Waals surface area contributed by atoms with Crippen LogP contribution in [0, 0.1) is 6.92 Å². The first-order chi connectivity index (χ1) is 9.56. The van der Waals surface area contributed by atoms with Gasteiger partial charge in [-0.15, -0.1) is 10.2 Å². The maximum absolute atomic E-state index is 9.91. The van der Waals surface area contributed by atoms with Crippen molar-refractivity contribution in [2.24, 2.45) is 7.05 Å². The summed E-state index contributed by atoms with van der Waals surface area (Å²) in [6, 6.07) is 5.55. The molecule has 2 aromatic rings. The molecule has 0 amide bonds. The molecule has 0 bridgehead atoms. The molecule has 2 rings (SSSR count). The molecule has 1 N–H and O–H groups in total. The summed E-state index contributed by atoms with van der Waals surface area (Å²) in [4.78, 5) is 0. The number of aliphatic hydroxyl groups excluding tert-OH is 1. The number of thioether (sulfide) groups is 1. The number of aryl methyl sites for hydroxylation is 2. The zero-order chi connectivity index (χ0) is 14.5. The van der Waals surface area contributed by atoms with Gasteiger partial charge in [-0.05, 0) is 24.6 Å². The van der Waals surface area contributed by atoms with Crippen LogP contribution in [0.3, 0.4) is 0 Å². The van der Waals surface area contributed by atoms with Crippen LogP contribution >= 0.6 is 23.4 Å². The fourth-order valence-electron chi connectivity index (χ4n) is 1.53. The molecule has 7 heteroatoms. The monoisotopic (exact) mass is 313 g/mol. The minimum atomic E-state index is -0.603. The van der Waals surface area contributed by atoms with Gasteiger partial charge in [0.2, 0.25) is 0 Å². The van der Waals surface area contributed by atoms with Crippen molar-refractivity contribution in [3.05, 3.63) is 35.1 Å². The largest absolute Gasteiger partial charge is 0.489 e. The van der Waals surface area contributed by atoms with Crippen LogP contribution in [-0.2, 0) is 7.05 Å². The molecule has 1 atom stereocenters. The Morgan fingerprint density at radius 1 is 1.50 bits per heavy atom. The average molecular weight is 314 g/mol. The molecule has 0 aliphatic carbocycles. The van der Waals surface area contributed by atoms with Crippen LogP contribution in [0.25, 0.3) is 0 Å². The Morgan fingerprint density at radius 2 is 2.30 bits per heavy atom. The van der Waals surface area contributed by atoms with Gasteiger partial charge >= 0.3 is 0 Å². The van der Waals surface area contributed by atoms with Crippen LogP contribution in [-0.4, -0.2) is 38.3 Å². The van der Waals surface area contributed by atoms with E-state index in [2.05, 4.69) is 10.2 Å². The highest BCUT2D eigenvalue weighted by molar-refractivity contribution is 7.99. The van der Waals surface area contributed by atoms with E-state index < -0.39 is 6.10 Å². The summed E-state index contributed by atoms with van der Waals surface area (Å²) in [7, 11) is 1.86. The Kier molecular flexibility index (Phi) is 5.28. The highest BCUT2D eigenvalue weighted by Gasteiger charge is 2.10. The lowest BCUT2D eigenvalue weighted by Gasteiger charge is -2.13. The Labute approximate surface area is 126 Å². The Bertz CT molecular complexity index is 576. The number of halogens is 1. The average Bonchev–Trinajstić information content (AvgIpc) is 2.83. The fraction of sp³-hybridized carbons (Fsp3) is 0.385. The van der Waals surface area contributed by atoms with E-state index in [1.54, 1.807) is 17.0 Å². The number of aromatic nitrogens is 3. The van der Waals surface area contributed by atoms with E-state index in [0.29, 0.717) is 16.5 Å². The van der Waals surface area contributed by atoms with E-state index in [1.807, 2.05) is 26.1 Å². The van der Waals surface area contributed by atoms with Crippen molar-refractivity contribution >= 4 is 23.4 Å². The summed E-state index contributed by atoms with van der Waals surface area (Å²) < 4.78 is 7.34.